The van der Waals surface area contributed by atoms with Gasteiger partial charge in [-0.2, -0.15) is 9.21 Å². The van der Waals surface area contributed by atoms with Gasteiger partial charge in [0.05, 0.1) is 17.0 Å². The van der Waals surface area contributed by atoms with E-state index < -0.39 is 28.3 Å². The van der Waals surface area contributed by atoms with Crippen LogP contribution >= 0.6 is 0 Å². The van der Waals surface area contributed by atoms with Crippen LogP contribution in [-0.4, -0.2) is 54.3 Å². The summed E-state index contributed by atoms with van der Waals surface area (Å²) in [6.45, 7) is 3.50. The summed E-state index contributed by atoms with van der Waals surface area (Å²) in [6, 6.07) is 14.0. The number of carbonyl (C=O) groups is 1. The first-order valence-electron chi connectivity index (χ1n) is 10.2. The van der Waals surface area contributed by atoms with Crippen LogP contribution in [0.5, 0.6) is 0 Å². The molecule has 3 N–H and O–H groups in total. The zero-order chi connectivity index (χ0) is 23.7. The average Bonchev–Trinajstić information content (AvgIpc) is 2.73. The van der Waals surface area contributed by atoms with E-state index in [0.29, 0.717) is 5.56 Å². The van der Waals surface area contributed by atoms with Gasteiger partial charge in [0.1, 0.15) is 6.54 Å². The lowest BCUT2D eigenvalue weighted by molar-refractivity contribution is 0.0980. The molecule has 0 aliphatic carbocycles. The molecule has 0 radical (unpaired) electrons. The van der Waals surface area contributed by atoms with Crippen molar-refractivity contribution in [1.82, 2.24) is 9.62 Å². The highest BCUT2D eigenvalue weighted by molar-refractivity contribution is 7.89. The molecule has 10 heteroatoms. The van der Waals surface area contributed by atoms with Crippen molar-refractivity contribution in [3.8, 4) is 0 Å². The smallest absolute Gasteiger partial charge is 0.404 e. The maximum atomic E-state index is 13.3. The quantitative estimate of drug-likeness (QED) is 0.414. The zero-order valence-corrected chi connectivity index (χ0v) is 18.9. The fraction of sp³-hybridized carbons (Fsp3) is 0.409. The second kappa shape index (κ2) is 11.7. The van der Waals surface area contributed by atoms with E-state index in [-0.39, 0.29) is 36.9 Å². The van der Waals surface area contributed by atoms with Crippen LogP contribution in [0.15, 0.2) is 64.7 Å². The van der Waals surface area contributed by atoms with Gasteiger partial charge in [0, 0.05) is 13.1 Å². The topological polar surface area (TPSA) is 136 Å². The first-order chi connectivity index (χ1) is 15.1. The predicted octanol–water partition coefficient (Wildman–Crippen LogP) is 2.84. The third-order valence-electron chi connectivity index (χ3n) is 4.84. The van der Waals surface area contributed by atoms with Crippen molar-refractivity contribution in [3.05, 3.63) is 70.6 Å². The minimum Gasteiger partial charge on any atom is -0.465 e. The van der Waals surface area contributed by atoms with Crippen LogP contribution in [-0.2, 0) is 23.0 Å². The molecule has 0 aromatic heterocycles. The monoisotopic (exact) mass is 463 g/mol. The van der Waals surface area contributed by atoms with Gasteiger partial charge < -0.3 is 15.5 Å². The van der Waals surface area contributed by atoms with Crippen molar-refractivity contribution >= 4 is 16.1 Å². The summed E-state index contributed by atoms with van der Waals surface area (Å²) < 4.78 is 27.7. The van der Waals surface area contributed by atoms with E-state index in [4.69, 9.17) is 0 Å². The molecular weight excluding hydrogens is 434 g/mol. The van der Waals surface area contributed by atoms with E-state index in [9.17, 15) is 28.3 Å². The lowest BCUT2D eigenvalue weighted by Gasteiger charge is -2.30. The van der Waals surface area contributed by atoms with Crippen molar-refractivity contribution in [2.75, 3.05) is 13.1 Å². The van der Waals surface area contributed by atoms with E-state index >= 15 is 0 Å². The summed E-state index contributed by atoms with van der Waals surface area (Å²) >= 11 is 0. The van der Waals surface area contributed by atoms with Gasteiger partial charge >= 0.3 is 6.09 Å². The molecule has 174 valence electrons. The minimum absolute atomic E-state index is 0.0193. The molecule has 0 bridgehead atoms. The Morgan fingerprint density at radius 1 is 1.03 bits per heavy atom. The maximum absolute atomic E-state index is 13.3. The number of aliphatic hydroxyl groups excluding tert-OH is 1. The fourth-order valence-electron chi connectivity index (χ4n) is 3.31. The highest BCUT2D eigenvalue weighted by Gasteiger charge is 2.31. The van der Waals surface area contributed by atoms with Crippen LogP contribution in [0.4, 0.5) is 4.79 Å². The largest absolute Gasteiger partial charge is 0.465 e. The van der Waals surface area contributed by atoms with Crippen molar-refractivity contribution in [3.63, 3.8) is 0 Å². The highest BCUT2D eigenvalue weighted by Crippen LogP contribution is 2.20. The number of rotatable bonds is 12. The number of nitrogens with one attached hydrogen (secondary N) is 1. The second-order valence-corrected chi connectivity index (χ2v) is 9.90. The Kier molecular flexibility index (Phi) is 9.30. The van der Waals surface area contributed by atoms with Crippen molar-refractivity contribution in [1.29, 1.82) is 0 Å². The summed E-state index contributed by atoms with van der Waals surface area (Å²) in [5.74, 6) is -0.0319. The van der Waals surface area contributed by atoms with Gasteiger partial charge in [0.2, 0.25) is 10.0 Å². The number of carboxylic acid groups (broad SMARTS) is 1. The summed E-state index contributed by atoms with van der Waals surface area (Å²) in [5, 5.41) is 25.2. The Morgan fingerprint density at radius 3 is 2.19 bits per heavy atom. The van der Waals surface area contributed by atoms with Gasteiger partial charge in [-0.3, -0.25) is 0 Å². The fourth-order valence-corrected chi connectivity index (χ4v) is 4.94. The number of benzene rings is 2. The molecule has 0 saturated carbocycles. The van der Waals surface area contributed by atoms with Gasteiger partial charge in [0.25, 0.3) is 0 Å². The first-order valence-corrected chi connectivity index (χ1v) is 11.7. The molecule has 0 spiro atoms. The third kappa shape index (κ3) is 7.40. The normalized spacial score (nSPS) is 13.7. The van der Waals surface area contributed by atoms with Crippen LogP contribution in [0, 0.1) is 10.8 Å². The maximum Gasteiger partial charge on any atom is 0.404 e. The number of nitroso groups, excluding NO2 is 1. The lowest BCUT2D eigenvalue weighted by Crippen LogP contribution is -2.50. The van der Waals surface area contributed by atoms with Crippen LogP contribution in [0.25, 0.3) is 0 Å². The van der Waals surface area contributed by atoms with E-state index in [1.165, 1.54) is 24.3 Å². The van der Waals surface area contributed by atoms with Crippen LogP contribution in [0.2, 0.25) is 0 Å². The second-order valence-electron chi connectivity index (χ2n) is 7.96. The Morgan fingerprint density at radius 2 is 1.66 bits per heavy atom. The molecule has 1 amide bonds. The summed E-state index contributed by atoms with van der Waals surface area (Å²) in [6.07, 6.45) is -2.38. The Labute approximate surface area is 188 Å². The van der Waals surface area contributed by atoms with Crippen molar-refractivity contribution in [2.24, 2.45) is 11.1 Å². The molecule has 2 rings (SSSR count). The Balaban J connectivity index is 2.27. The number of hydrogen-bond acceptors (Lipinski definition) is 6. The number of nitrogens with zero attached hydrogens (tertiary/aromatic N) is 2. The molecule has 2 atom stereocenters. The minimum atomic E-state index is -3.97. The molecule has 0 fully saturated rings. The average molecular weight is 464 g/mol. The summed E-state index contributed by atoms with van der Waals surface area (Å²) in [7, 11) is -3.97. The third-order valence-corrected chi connectivity index (χ3v) is 6.69. The molecule has 0 heterocycles. The number of aliphatic hydroxyl groups is 1. The summed E-state index contributed by atoms with van der Waals surface area (Å²) in [4.78, 5) is 21.7. The predicted molar refractivity (Wildman–Crippen MR) is 121 cm³/mol. The van der Waals surface area contributed by atoms with Crippen LogP contribution in [0.1, 0.15) is 25.0 Å². The van der Waals surface area contributed by atoms with Crippen LogP contribution in [0.3, 0.4) is 0 Å². The Bertz CT molecular complexity index is 980. The molecule has 0 aliphatic rings. The van der Waals surface area contributed by atoms with E-state index in [0.717, 1.165) is 9.87 Å². The molecule has 32 heavy (non-hydrogen) atoms. The van der Waals surface area contributed by atoms with Gasteiger partial charge in [0.15, 0.2) is 0 Å². The molecule has 2 aromatic rings. The molecule has 9 nitrogen and oxygen atoms in total. The molecule has 0 saturated heterocycles. The van der Waals surface area contributed by atoms with Gasteiger partial charge in [-0.1, -0.05) is 61.5 Å². The number of hydrogen-bond donors (Lipinski definition) is 3. The molecule has 0 aliphatic heterocycles. The highest BCUT2D eigenvalue weighted by atomic mass is 32.2. The van der Waals surface area contributed by atoms with Gasteiger partial charge in [-0.25, -0.2) is 13.2 Å². The standard InChI is InChI=1S/C22H29N3O6S/c1-16(2)14-25(32(30,31)19-10-8-18(9-11-19)13-23-29)15-21(26)20(24-22(27)28)12-17-6-4-3-5-7-17/h3-11,16,20-21,24,26H,12-15H2,1-2H3,(H,27,28)/t20-,21+/m0/s1. The molecule has 0 unspecified atom stereocenters. The zero-order valence-electron chi connectivity index (χ0n) is 18.1. The van der Waals surface area contributed by atoms with E-state index in [1.807, 2.05) is 32.0 Å². The van der Waals surface area contributed by atoms with Crippen LogP contribution < -0.4 is 5.32 Å². The number of sulfonamides is 1. The van der Waals surface area contributed by atoms with E-state index in [2.05, 4.69) is 10.5 Å². The van der Waals surface area contributed by atoms with Crippen molar-refractivity contribution in [2.45, 2.75) is 43.9 Å². The van der Waals surface area contributed by atoms with Gasteiger partial charge in [-0.05, 0) is 35.6 Å². The Hall–Kier alpha value is -2.82. The van der Waals surface area contributed by atoms with Crippen molar-refractivity contribution < 1.29 is 23.4 Å². The van der Waals surface area contributed by atoms with Gasteiger partial charge in [-0.15, -0.1) is 0 Å². The summed E-state index contributed by atoms with van der Waals surface area (Å²) in [5.41, 5.74) is 1.39. The molecule has 2 aromatic carbocycles. The molecular formula is C22H29N3O6S. The first kappa shape index (κ1) is 25.4. The SMILES string of the molecule is CC(C)CN(C[C@@H](O)[C@H](Cc1ccccc1)NC(=O)O)S(=O)(=O)c1ccc(CN=O)cc1. The van der Waals surface area contributed by atoms with E-state index in [1.54, 1.807) is 12.1 Å². The number of amides is 1. The lowest BCUT2D eigenvalue weighted by atomic mass is 10.0.